The average molecular weight is 507 g/mol. The van der Waals surface area contributed by atoms with Crippen molar-refractivity contribution in [3.05, 3.63) is 47.5 Å². The number of amides is 3. The van der Waals surface area contributed by atoms with E-state index in [2.05, 4.69) is 30.4 Å². The van der Waals surface area contributed by atoms with Gasteiger partial charge < -0.3 is 20.2 Å². The minimum atomic E-state index is -0.569. The molecule has 0 unspecified atom stereocenters. The molecule has 0 bridgehead atoms. The molecule has 7 N–H and O–H groups in total. The van der Waals surface area contributed by atoms with Crippen LogP contribution >= 0.6 is 0 Å². The van der Waals surface area contributed by atoms with Gasteiger partial charge >= 0.3 is 0 Å². The fraction of sp³-hybridized carbons (Fsp3) is 0.208. The smallest absolute Gasteiger partial charge is 0.265 e. The fourth-order valence-corrected chi connectivity index (χ4v) is 3.33. The zero-order valence-corrected chi connectivity index (χ0v) is 20.4. The SMILES string of the molecule is CC(=O)N=Nc1c(O)[nH]c2ccc(C)cc12.Cc1ccc2[nH]c(O)c(N=NC(=O)CCC(=O)NN)c2c1. The number of fused-ring (bicyclic) bond motifs is 2. The molecule has 0 spiro atoms. The van der Waals surface area contributed by atoms with Crippen molar-refractivity contribution in [1.82, 2.24) is 15.4 Å². The van der Waals surface area contributed by atoms with Crippen molar-refractivity contribution in [3.8, 4) is 11.8 Å². The molecule has 0 atom stereocenters. The molecule has 0 aliphatic rings. The van der Waals surface area contributed by atoms with Gasteiger partial charge in [-0.2, -0.15) is 0 Å². The van der Waals surface area contributed by atoms with E-state index >= 15 is 0 Å². The molecule has 4 aromatic rings. The van der Waals surface area contributed by atoms with Crippen molar-refractivity contribution in [2.75, 3.05) is 0 Å². The van der Waals surface area contributed by atoms with E-state index in [-0.39, 0.29) is 30.3 Å². The van der Waals surface area contributed by atoms with Crippen LogP contribution < -0.4 is 11.3 Å². The van der Waals surface area contributed by atoms with E-state index in [1.165, 1.54) is 6.92 Å². The van der Waals surface area contributed by atoms with Crippen molar-refractivity contribution in [2.24, 2.45) is 26.3 Å². The summed E-state index contributed by atoms with van der Waals surface area (Å²) in [6.07, 6.45) is -0.165. The summed E-state index contributed by atoms with van der Waals surface area (Å²) >= 11 is 0. The van der Waals surface area contributed by atoms with Crippen molar-refractivity contribution >= 4 is 50.9 Å². The van der Waals surface area contributed by atoms with E-state index in [0.717, 1.165) is 22.0 Å². The number of aromatic amines is 2. The maximum atomic E-state index is 11.5. The highest BCUT2D eigenvalue weighted by Crippen LogP contribution is 2.36. The van der Waals surface area contributed by atoms with Gasteiger partial charge in [-0.05, 0) is 38.1 Å². The Morgan fingerprint density at radius 2 is 1.32 bits per heavy atom. The van der Waals surface area contributed by atoms with Gasteiger partial charge in [0.25, 0.3) is 11.8 Å². The van der Waals surface area contributed by atoms with Gasteiger partial charge in [0.05, 0.1) is 11.0 Å². The zero-order valence-electron chi connectivity index (χ0n) is 20.4. The number of nitrogens with two attached hydrogens (primary N) is 1. The molecule has 4 rings (SSSR count). The summed E-state index contributed by atoms with van der Waals surface area (Å²) in [6.45, 7) is 5.15. The molecule has 37 heavy (non-hydrogen) atoms. The number of hydrogen-bond acceptors (Lipinski definition) is 8. The van der Waals surface area contributed by atoms with E-state index in [1.807, 2.05) is 49.6 Å². The molecule has 13 heteroatoms. The number of benzene rings is 2. The van der Waals surface area contributed by atoms with Gasteiger partial charge in [0.15, 0.2) is 11.4 Å². The number of hydrogen-bond donors (Lipinski definition) is 6. The highest BCUT2D eigenvalue weighted by atomic mass is 16.3. The largest absolute Gasteiger partial charge is 0.493 e. The third-order valence-corrected chi connectivity index (χ3v) is 5.09. The minimum Gasteiger partial charge on any atom is -0.493 e. The number of aromatic hydroxyl groups is 2. The van der Waals surface area contributed by atoms with E-state index in [4.69, 9.17) is 5.84 Å². The van der Waals surface area contributed by atoms with Crippen LogP contribution in [0.1, 0.15) is 30.9 Å². The van der Waals surface area contributed by atoms with Crippen LogP contribution in [0.25, 0.3) is 21.8 Å². The summed E-state index contributed by atoms with van der Waals surface area (Å²) in [4.78, 5) is 38.6. The predicted molar refractivity (Wildman–Crippen MR) is 136 cm³/mol. The zero-order chi connectivity index (χ0) is 27.1. The normalized spacial score (nSPS) is 11.2. The summed E-state index contributed by atoms with van der Waals surface area (Å²) in [5.74, 6) is 3.24. The van der Waals surface area contributed by atoms with E-state index < -0.39 is 17.7 Å². The second kappa shape index (κ2) is 11.7. The Labute approximate surface area is 210 Å². The highest BCUT2D eigenvalue weighted by molar-refractivity contribution is 5.95. The molecule has 2 aromatic carbocycles. The van der Waals surface area contributed by atoms with Gasteiger partial charge in [-0.3, -0.25) is 19.8 Å². The Bertz CT molecular complexity index is 1530. The Balaban J connectivity index is 0.000000213. The highest BCUT2D eigenvalue weighted by Gasteiger charge is 2.12. The maximum Gasteiger partial charge on any atom is 0.265 e. The predicted octanol–water partition coefficient (Wildman–Crippen LogP) is 4.37. The van der Waals surface area contributed by atoms with Crippen molar-refractivity contribution < 1.29 is 24.6 Å². The molecule has 0 saturated carbocycles. The monoisotopic (exact) mass is 506 g/mol. The van der Waals surface area contributed by atoms with Crippen LogP contribution in [-0.4, -0.2) is 37.9 Å². The van der Waals surface area contributed by atoms with Crippen molar-refractivity contribution in [1.29, 1.82) is 0 Å². The number of hydrazine groups is 1. The van der Waals surface area contributed by atoms with Crippen LogP contribution in [0.3, 0.4) is 0 Å². The lowest BCUT2D eigenvalue weighted by atomic mass is 10.2. The van der Waals surface area contributed by atoms with Crippen LogP contribution in [0.15, 0.2) is 56.9 Å². The molecule has 0 aliphatic heterocycles. The van der Waals surface area contributed by atoms with Gasteiger partial charge in [0, 0.05) is 30.5 Å². The Morgan fingerprint density at radius 3 is 1.78 bits per heavy atom. The number of nitrogens with one attached hydrogen (secondary N) is 3. The third-order valence-electron chi connectivity index (χ3n) is 5.09. The number of carbonyl (C=O) groups excluding carboxylic acids is 3. The first-order chi connectivity index (χ1) is 17.6. The summed E-state index contributed by atoms with van der Waals surface area (Å²) in [5.41, 5.74) is 5.92. The molecular weight excluding hydrogens is 480 g/mol. The molecule has 3 amide bonds. The first-order valence-electron chi connectivity index (χ1n) is 11.1. The van der Waals surface area contributed by atoms with Gasteiger partial charge in [-0.15, -0.1) is 20.5 Å². The number of aromatic nitrogens is 2. The Morgan fingerprint density at radius 1 is 0.838 bits per heavy atom. The number of rotatable bonds is 5. The summed E-state index contributed by atoms with van der Waals surface area (Å²) in [7, 11) is 0. The lowest BCUT2D eigenvalue weighted by molar-refractivity contribution is -0.125. The van der Waals surface area contributed by atoms with Crippen LogP contribution in [0.5, 0.6) is 11.8 Å². The summed E-state index contributed by atoms with van der Waals surface area (Å²) < 4.78 is 0. The van der Waals surface area contributed by atoms with Crippen LogP contribution in [-0.2, 0) is 14.4 Å². The maximum absolute atomic E-state index is 11.5. The second-order valence-electron chi connectivity index (χ2n) is 8.12. The van der Waals surface area contributed by atoms with Crippen LogP contribution in [0.4, 0.5) is 11.4 Å². The number of carbonyl (C=O) groups is 3. The summed E-state index contributed by atoms with van der Waals surface area (Å²) in [5, 5.41) is 35.2. The van der Waals surface area contributed by atoms with Crippen LogP contribution in [0.2, 0.25) is 0 Å². The Kier molecular flexibility index (Phi) is 8.43. The molecule has 2 heterocycles. The van der Waals surface area contributed by atoms with Crippen molar-refractivity contribution in [3.63, 3.8) is 0 Å². The lowest BCUT2D eigenvalue weighted by Crippen LogP contribution is -2.30. The standard InChI is InChI=1S/C13H15N5O3.C11H11N3O2/c1-7-2-3-9-8(6-7)12(13(21)15-9)18-17-11(20)5-4-10(19)16-14;1-6-3-4-9-8(5-6)10(11(16)12-9)14-13-7(2)15/h2-3,6,15,21H,4-5,14H2,1H3,(H,16,19);3-5,12,16H,1-2H3. The average Bonchev–Trinajstić information content (AvgIpc) is 3.34. The number of H-pyrrole nitrogens is 2. The number of aryl methyl sites for hydroxylation is 2. The molecule has 0 radical (unpaired) electrons. The number of nitrogens with zero attached hydrogens (tertiary/aromatic N) is 4. The molecular formula is C24H26N8O5. The van der Waals surface area contributed by atoms with Gasteiger partial charge in [-0.1, -0.05) is 23.3 Å². The fourth-order valence-electron chi connectivity index (χ4n) is 3.33. The lowest BCUT2D eigenvalue weighted by Gasteiger charge is -1.96. The minimum absolute atomic E-state index is 0.0622. The second-order valence-corrected chi connectivity index (χ2v) is 8.12. The van der Waals surface area contributed by atoms with Gasteiger partial charge in [-0.25, -0.2) is 5.84 Å². The molecule has 2 aromatic heterocycles. The molecule has 0 saturated heterocycles. The molecule has 13 nitrogen and oxygen atoms in total. The first kappa shape index (κ1) is 26.7. The van der Waals surface area contributed by atoms with Crippen molar-refractivity contribution in [2.45, 2.75) is 33.6 Å². The molecule has 192 valence electrons. The van der Waals surface area contributed by atoms with E-state index in [0.29, 0.717) is 16.6 Å². The van der Waals surface area contributed by atoms with E-state index in [1.54, 1.807) is 6.07 Å². The number of azo groups is 2. The molecule has 0 fully saturated rings. The Hall–Kier alpha value is -4.91. The van der Waals surface area contributed by atoms with Gasteiger partial charge in [0.2, 0.25) is 17.7 Å². The van der Waals surface area contributed by atoms with Crippen LogP contribution in [0, 0.1) is 13.8 Å². The topological polar surface area (TPSA) is 211 Å². The van der Waals surface area contributed by atoms with E-state index in [9.17, 15) is 24.6 Å². The van der Waals surface area contributed by atoms with Gasteiger partial charge in [0.1, 0.15) is 0 Å². The molecule has 0 aliphatic carbocycles. The summed E-state index contributed by atoms with van der Waals surface area (Å²) in [6, 6.07) is 11.2. The quantitative estimate of drug-likeness (QED) is 0.1000. The third kappa shape index (κ3) is 6.82. The first-order valence-corrected chi connectivity index (χ1v) is 11.1.